The minimum Gasteiger partial charge on any atom is -0.462 e. The van der Waals surface area contributed by atoms with Gasteiger partial charge in [0.1, 0.15) is 6.61 Å². The fourth-order valence-electron chi connectivity index (χ4n) is 7.01. The second-order valence-electron chi connectivity index (χ2n) is 16.0. The van der Waals surface area contributed by atoms with Crippen LogP contribution in [-0.4, -0.2) is 58.0 Å². The zero-order valence-electron chi connectivity index (χ0n) is 36.3. The number of phosphoric acid groups is 1. The van der Waals surface area contributed by atoms with Crippen LogP contribution in [0.4, 0.5) is 0 Å². The van der Waals surface area contributed by atoms with Crippen molar-refractivity contribution in [1.82, 2.24) is 0 Å². The molecule has 1 aliphatic carbocycles. The second-order valence-corrected chi connectivity index (χ2v) is 17.3. The van der Waals surface area contributed by atoms with Gasteiger partial charge in [-0.2, -0.15) is 0 Å². The van der Waals surface area contributed by atoms with Crippen molar-refractivity contribution in [3.63, 3.8) is 0 Å². The zero-order valence-corrected chi connectivity index (χ0v) is 37.2. The molecule has 0 saturated carbocycles. The molecule has 3 N–H and O–H groups in total. The maximum atomic E-state index is 12.5. The van der Waals surface area contributed by atoms with Crippen LogP contribution in [0.3, 0.4) is 0 Å². The number of hydrogen-bond acceptors (Lipinski definition) is 8. The number of carbonyl (C=O) groups is 3. The Balaban J connectivity index is 2.17. The van der Waals surface area contributed by atoms with Crippen molar-refractivity contribution < 1.29 is 47.8 Å². The third kappa shape index (κ3) is 32.5. The summed E-state index contributed by atoms with van der Waals surface area (Å²) < 4.78 is 26.4. The third-order valence-electron chi connectivity index (χ3n) is 10.6. The predicted octanol–water partition coefficient (Wildman–Crippen LogP) is 11.9. The first kappa shape index (κ1) is 53.7. The number of unbranched alkanes of at least 4 members (excludes halogenated alkanes) is 20. The standard InChI is InChI=1S/C47H81O10P/c1-3-5-7-8-9-10-11-12-13-14-15-16-17-18-19-20-21-22-23-24-29-33-46(50)55-39-43(40-56-58(52,53)54)57-47(51)34-30-26-25-28-31-41-35-38-45(49)44(41)37-36-42(48)32-27-6-4-2/h12-13,25,28,35-38,41-44,48H,3-11,14-24,26-27,29-34,39-40H2,1-2H3,(H2,52,53,54)/b13-12-,28-25-,37-36+/t41-,42-,43+,44+/m0/s1. The number of hydrogen-bond donors (Lipinski definition) is 3. The number of aliphatic hydroxyl groups is 1. The fraction of sp³-hybridized carbons (Fsp3) is 0.766. The van der Waals surface area contributed by atoms with Crippen molar-refractivity contribution in [2.75, 3.05) is 13.2 Å². The van der Waals surface area contributed by atoms with E-state index in [1.807, 2.05) is 24.3 Å². The summed E-state index contributed by atoms with van der Waals surface area (Å²) >= 11 is 0. The molecule has 0 aliphatic heterocycles. The number of esters is 2. The lowest BCUT2D eigenvalue weighted by molar-refractivity contribution is -0.161. The molecule has 0 aromatic heterocycles. The molecule has 11 heteroatoms. The van der Waals surface area contributed by atoms with Gasteiger partial charge in [0.2, 0.25) is 0 Å². The average molecular weight is 837 g/mol. The van der Waals surface area contributed by atoms with Gasteiger partial charge in [-0.3, -0.25) is 18.9 Å². The van der Waals surface area contributed by atoms with Gasteiger partial charge in [-0.1, -0.05) is 166 Å². The Labute approximate surface area is 352 Å². The van der Waals surface area contributed by atoms with Crippen LogP contribution in [0, 0.1) is 11.8 Å². The summed E-state index contributed by atoms with van der Waals surface area (Å²) in [6.45, 7) is 3.43. The molecule has 1 rings (SSSR count). The number of ether oxygens (including phenoxy) is 2. The first-order chi connectivity index (χ1) is 28.1. The van der Waals surface area contributed by atoms with E-state index < -0.39 is 38.6 Å². The van der Waals surface area contributed by atoms with Gasteiger partial charge in [-0.15, -0.1) is 0 Å². The molecule has 0 amide bonds. The lowest BCUT2D eigenvalue weighted by Gasteiger charge is -2.18. The van der Waals surface area contributed by atoms with Crippen LogP contribution >= 0.6 is 7.82 Å². The van der Waals surface area contributed by atoms with Crippen LogP contribution in [0.15, 0.2) is 48.6 Å². The molecule has 1 aliphatic rings. The first-order valence-electron chi connectivity index (χ1n) is 23.0. The van der Waals surface area contributed by atoms with Crippen molar-refractivity contribution in [2.24, 2.45) is 11.8 Å². The molecule has 0 saturated heterocycles. The molecule has 0 unspecified atom stereocenters. The van der Waals surface area contributed by atoms with Crippen LogP contribution in [0.25, 0.3) is 0 Å². The highest BCUT2D eigenvalue weighted by Gasteiger charge is 2.27. The molecule has 58 heavy (non-hydrogen) atoms. The minimum atomic E-state index is -4.81. The topological polar surface area (TPSA) is 157 Å². The number of ketones is 1. The smallest absolute Gasteiger partial charge is 0.462 e. The Morgan fingerprint density at radius 1 is 0.690 bits per heavy atom. The summed E-state index contributed by atoms with van der Waals surface area (Å²) in [4.78, 5) is 55.5. The Hall–Kier alpha value is -2.36. The van der Waals surface area contributed by atoms with Gasteiger partial charge in [0, 0.05) is 18.8 Å². The van der Waals surface area contributed by atoms with E-state index in [-0.39, 0.29) is 37.1 Å². The molecule has 0 bridgehead atoms. The highest BCUT2D eigenvalue weighted by atomic mass is 31.2. The Morgan fingerprint density at radius 2 is 1.21 bits per heavy atom. The van der Waals surface area contributed by atoms with E-state index in [2.05, 4.69) is 30.5 Å². The molecule has 4 atom stereocenters. The van der Waals surface area contributed by atoms with Crippen molar-refractivity contribution in [1.29, 1.82) is 0 Å². The van der Waals surface area contributed by atoms with Crippen molar-refractivity contribution in [2.45, 2.75) is 206 Å². The minimum absolute atomic E-state index is 0.0160. The van der Waals surface area contributed by atoms with E-state index >= 15 is 0 Å². The average Bonchev–Trinajstić information content (AvgIpc) is 3.54. The molecule has 0 fully saturated rings. The van der Waals surface area contributed by atoms with E-state index in [1.165, 1.54) is 96.3 Å². The summed E-state index contributed by atoms with van der Waals surface area (Å²) in [5.74, 6) is -1.27. The Bertz CT molecular complexity index is 1220. The maximum absolute atomic E-state index is 12.5. The monoisotopic (exact) mass is 837 g/mol. The first-order valence-corrected chi connectivity index (χ1v) is 24.5. The van der Waals surface area contributed by atoms with Crippen LogP contribution in [0.5, 0.6) is 0 Å². The van der Waals surface area contributed by atoms with Gasteiger partial charge < -0.3 is 24.4 Å². The third-order valence-corrected chi connectivity index (χ3v) is 11.1. The quantitative estimate of drug-likeness (QED) is 0.0236. The van der Waals surface area contributed by atoms with Crippen molar-refractivity contribution in [3.8, 4) is 0 Å². The van der Waals surface area contributed by atoms with Crippen LogP contribution < -0.4 is 0 Å². The van der Waals surface area contributed by atoms with Gasteiger partial charge >= 0.3 is 19.8 Å². The van der Waals surface area contributed by atoms with E-state index in [9.17, 15) is 24.1 Å². The fourth-order valence-corrected chi connectivity index (χ4v) is 7.37. The van der Waals surface area contributed by atoms with E-state index in [4.69, 9.17) is 19.3 Å². The predicted molar refractivity (Wildman–Crippen MR) is 234 cm³/mol. The largest absolute Gasteiger partial charge is 0.469 e. The summed E-state index contributed by atoms with van der Waals surface area (Å²) in [7, 11) is -4.81. The normalized spacial score (nSPS) is 16.9. The molecule has 0 radical (unpaired) electrons. The molecule has 0 heterocycles. The summed E-state index contributed by atoms with van der Waals surface area (Å²) in [6.07, 6.45) is 43.2. The summed E-state index contributed by atoms with van der Waals surface area (Å²) in [5.41, 5.74) is 0. The van der Waals surface area contributed by atoms with Crippen LogP contribution in [0.1, 0.15) is 194 Å². The van der Waals surface area contributed by atoms with Gasteiger partial charge in [0.05, 0.1) is 12.7 Å². The van der Waals surface area contributed by atoms with E-state index in [0.29, 0.717) is 32.1 Å². The van der Waals surface area contributed by atoms with Crippen molar-refractivity contribution in [3.05, 3.63) is 48.6 Å². The second kappa shape index (κ2) is 36.5. The summed E-state index contributed by atoms with van der Waals surface area (Å²) in [5, 5.41) is 10.2. The molecular weight excluding hydrogens is 755 g/mol. The highest BCUT2D eigenvalue weighted by molar-refractivity contribution is 7.46. The zero-order chi connectivity index (χ0) is 42.5. The van der Waals surface area contributed by atoms with Gasteiger partial charge in [-0.25, -0.2) is 4.57 Å². The number of carbonyl (C=O) groups excluding carboxylic acids is 3. The highest BCUT2D eigenvalue weighted by Crippen LogP contribution is 2.36. The van der Waals surface area contributed by atoms with Crippen LogP contribution in [0.2, 0.25) is 0 Å². The molecule has 0 aromatic carbocycles. The van der Waals surface area contributed by atoms with Gasteiger partial charge in [0.25, 0.3) is 0 Å². The number of phosphoric ester groups is 1. The van der Waals surface area contributed by atoms with Crippen LogP contribution in [-0.2, 0) is 32.9 Å². The lowest BCUT2D eigenvalue weighted by Crippen LogP contribution is -2.29. The maximum Gasteiger partial charge on any atom is 0.469 e. The van der Waals surface area contributed by atoms with Gasteiger partial charge in [0.15, 0.2) is 11.9 Å². The Morgan fingerprint density at radius 3 is 1.81 bits per heavy atom. The number of aliphatic hydroxyl groups excluding tert-OH is 1. The van der Waals surface area contributed by atoms with Crippen molar-refractivity contribution >= 4 is 25.5 Å². The SMILES string of the molecule is CCCCCCCC/C=C\CCCCCCCCCCCCCC(=O)OC[C@H](COP(=O)(O)O)OC(=O)CCC/C=C\C[C@H]1C=CC(=O)[C@@H]1/C=C/[C@@H](O)CCCCC. The molecule has 0 aromatic rings. The lowest BCUT2D eigenvalue weighted by atomic mass is 9.90. The number of rotatable bonds is 39. The molecular formula is C47H81O10P. The number of allylic oxidation sites excluding steroid dienone is 7. The molecule has 334 valence electrons. The molecule has 0 spiro atoms. The van der Waals surface area contributed by atoms with E-state index in [1.54, 1.807) is 12.2 Å². The molecule has 10 nitrogen and oxygen atoms in total. The van der Waals surface area contributed by atoms with E-state index in [0.717, 1.165) is 38.5 Å². The summed E-state index contributed by atoms with van der Waals surface area (Å²) in [6, 6.07) is 0. The Kier molecular flexibility index (Phi) is 33.8. The van der Waals surface area contributed by atoms with Gasteiger partial charge in [-0.05, 0) is 69.8 Å².